The second-order valence-corrected chi connectivity index (χ2v) is 8.04. The molecule has 0 saturated heterocycles. The Kier molecular flexibility index (Phi) is 6.57. The third-order valence-corrected chi connectivity index (χ3v) is 4.56. The molecule has 0 aliphatic heterocycles. The molecule has 0 bridgehead atoms. The van der Waals surface area contributed by atoms with Crippen LogP contribution < -0.4 is 10.1 Å². The van der Waals surface area contributed by atoms with Crippen molar-refractivity contribution in [2.45, 2.75) is 44.9 Å². The van der Waals surface area contributed by atoms with Gasteiger partial charge in [0, 0.05) is 0 Å². The van der Waals surface area contributed by atoms with Gasteiger partial charge in [0.25, 0.3) is 0 Å². The van der Waals surface area contributed by atoms with Crippen molar-refractivity contribution >= 4 is 17.7 Å². The molecule has 0 spiro atoms. The summed E-state index contributed by atoms with van der Waals surface area (Å²) in [6.07, 6.45) is -1.99. The Hall–Kier alpha value is -2.31. The minimum atomic E-state index is -1.31. The molecule has 0 aliphatic carbocycles. The molecule has 28 heavy (non-hydrogen) atoms. The van der Waals surface area contributed by atoms with Crippen LogP contribution in [-0.2, 0) is 10.3 Å². The molecule has 2 N–H and O–H groups in total. The van der Waals surface area contributed by atoms with Gasteiger partial charge in [-0.05, 0) is 63.1 Å². The number of halogens is 2. The van der Waals surface area contributed by atoms with Gasteiger partial charge in [0.05, 0.1) is 17.7 Å². The van der Waals surface area contributed by atoms with E-state index in [0.717, 1.165) is 6.07 Å². The Morgan fingerprint density at radius 1 is 1.14 bits per heavy atom. The molecule has 0 heterocycles. The number of rotatable bonds is 5. The average Bonchev–Trinajstić information content (AvgIpc) is 2.61. The van der Waals surface area contributed by atoms with Gasteiger partial charge in [0.1, 0.15) is 23.3 Å². The van der Waals surface area contributed by atoms with E-state index in [2.05, 4.69) is 5.32 Å². The smallest absolute Gasteiger partial charge is 0.408 e. The first-order valence-electron chi connectivity index (χ1n) is 8.75. The maximum Gasteiger partial charge on any atom is 0.408 e. The molecule has 0 saturated carbocycles. The number of ether oxygens (including phenoxy) is 2. The lowest BCUT2D eigenvalue weighted by atomic mass is 9.82. The molecule has 0 aliphatic rings. The summed E-state index contributed by atoms with van der Waals surface area (Å²) in [4.78, 5) is 12.5. The van der Waals surface area contributed by atoms with Crippen LogP contribution in [0.15, 0.2) is 42.5 Å². The van der Waals surface area contributed by atoms with Gasteiger partial charge in [-0.1, -0.05) is 29.8 Å². The fourth-order valence-electron chi connectivity index (χ4n) is 2.77. The molecular formula is C21H25ClFNO4. The Morgan fingerprint density at radius 3 is 2.25 bits per heavy atom. The van der Waals surface area contributed by atoms with Crippen molar-refractivity contribution in [3.8, 4) is 5.75 Å². The maximum absolute atomic E-state index is 13.9. The first kappa shape index (κ1) is 22.0. The van der Waals surface area contributed by atoms with Gasteiger partial charge in [-0.25, -0.2) is 9.18 Å². The van der Waals surface area contributed by atoms with E-state index in [0.29, 0.717) is 11.3 Å². The Balaban J connectivity index is 2.46. The van der Waals surface area contributed by atoms with Gasteiger partial charge in [-0.3, -0.25) is 0 Å². The predicted molar refractivity (Wildman–Crippen MR) is 106 cm³/mol. The SMILES string of the molecule is COc1ccc(C(C)(NC(=O)OC(C)(C)C)C(O)c2ccc(Cl)c(F)c2)cc1. The number of amides is 1. The quantitative estimate of drug-likeness (QED) is 0.732. The van der Waals surface area contributed by atoms with E-state index in [1.165, 1.54) is 12.1 Å². The van der Waals surface area contributed by atoms with Crippen LogP contribution in [0.4, 0.5) is 9.18 Å². The normalized spacial score (nSPS) is 14.7. The van der Waals surface area contributed by atoms with Crippen molar-refractivity contribution in [1.82, 2.24) is 5.32 Å². The number of carbonyl (C=O) groups excluding carboxylic acids is 1. The van der Waals surface area contributed by atoms with Crippen molar-refractivity contribution in [1.29, 1.82) is 0 Å². The van der Waals surface area contributed by atoms with Crippen LogP contribution in [-0.4, -0.2) is 23.9 Å². The summed E-state index contributed by atoms with van der Waals surface area (Å²) in [7, 11) is 1.54. The molecule has 2 aromatic rings. The van der Waals surface area contributed by atoms with Gasteiger partial charge in [-0.2, -0.15) is 0 Å². The summed E-state index contributed by atoms with van der Waals surface area (Å²) in [5.74, 6) is -0.0389. The number of aliphatic hydroxyl groups is 1. The molecule has 0 aromatic heterocycles. The zero-order valence-corrected chi connectivity index (χ0v) is 17.3. The van der Waals surface area contributed by atoms with Crippen molar-refractivity contribution in [2.24, 2.45) is 0 Å². The fraction of sp³-hybridized carbons (Fsp3) is 0.381. The van der Waals surface area contributed by atoms with E-state index in [1.54, 1.807) is 59.1 Å². The summed E-state index contributed by atoms with van der Waals surface area (Å²) in [5, 5.41) is 13.7. The monoisotopic (exact) mass is 409 g/mol. The van der Waals surface area contributed by atoms with Crippen molar-refractivity contribution in [3.63, 3.8) is 0 Å². The zero-order valence-electron chi connectivity index (χ0n) is 16.5. The van der Waals surface area contributed by atoms with E-state index in [4.69, 9.17) is 21.1 Å². The summed E-state index contributed by atoms with van der Waals surface area (Å²) < 4.78 is 24.5. The molecule has 0 fully saturated rings. The maximum atomic E-state index is 13.9. The number of nitrogens with one attached hydrogen (secondary N) is 1. The fourth-order valence-corrected chi connectivity index (χ4v) is 2.88. The van der Waals surface area contributed by atoms with Crippen LogP contribution >= 0.6 is 11.6 Å². The van der Waals surface area contributed by atoms with E-state index in [9.17, 15) is 14.3 Å². The molecule has 0 radical (unpaired) electrons. The summed E-state index contributed by atoms with van der Waals surface area (Å²) in [6, 6.07) is 10.9. The van der Waals surface area contributed by atoms with E-state index in [1.807, 2.05) is 0 Å². The molecule has 2 atom stereocenters. The molecule has 5 nitrogen and oxygen atoms in total. The van der Waals surface area contributed by atoms with E-state index < -0.39 is 29.2 Å². The number of aliphatic hydroxyl groups excluding tert-OH is 1. The van der Waals surface area contributed by atoms with E-state index in [-0.39, 0.29) is 10.6 Å². The number of alkyl carbamates (subject to hydrolysis) is 1. The third-order valence-electron chi connectivity index (χ3n) is 4.26. The molecule has 2 unspecified atom stereocenters. The van der Waals surface area contributed by atoms with Crippen molar-refractivity contribution in [3.05, 3.63) is 64.4 Å². The average molecular weight is 410 g/mol. The number of hydrogen-bond donors (Lipinski definition) is 2. The largest absolute Gasteiger partial charge is 0.497 e. The van der Waals surface area contributed by atoms with Gasteiger partial charge in [0.2, 0.25) is 0 Å². The molecule has 7 heteroatoms. The van der Waals surface area contributed by atoms with Crippen LogP contribution in [0.2, 0.25) is 5.02 Å². The minimum absolute atomic E-state index is 0.0535. The van der Waals surface area contributed by atoms with Gasteiger partial charge >= 0.3 is 6.09 Å². The summed E-state index contributed by atoms with van der Waals surface area (Å²) >= 11 is 5.75. The lowest BCUT2D eigenvalue weighted by Gasteiger charge is -2.37. The second-order valence-electron chi connectivity index (χ2n) is 7.63. The van der Waals surface area contributed by atoms with Gasteiger partial charge in [-0.15, -0.1) is 0 Å². The van der Waals surface area contributed by atoms with Gasteiger partial charge < -0.3 is 19.9 Å². The Labute approximate surface area is 169 Å². The number of methoxy groups -OCH3 is 1. The highest BCUT2D eigenvalue weighted by Gasteiger charge is 2.39. The van der Waals surface area contributed by atoms with Crippen LogP contribution in [0.1, 0.15) is 44.9 Å². The Bertz CT molecular complexity index is 835. The minimum Gasteiger partial charge on any atom is -0.497 e. The van der Waals surface area contributed by atoms with Crippen LogP contribution in [0.25, 0.3) is 0 Å². The molecule has 2 aromatic carbocycles. The lowest BCUT2D eigenvalue weighted by Crippen LogP contribution is -2.49. The highest BCUT2D eigenvalue weighted by molar-refractivity contribution is 6.30. The van der Waals surface area contributed by atoms with Crippen LogP contribution in [0.3, 0.4) is 0 Å². The molecule has 152 valence electrons. The standard InChI is InChI=1S/C21H25ClFNO4/c1-20(2,3)28-19(26)24-21(4,14-7-9-15(27-5)10-8-14)18(25)13-6-11-16(22)17(23)12-13/h6-12,18,25H,1-5H3,(H,24,26). The highest BCUT2D eigenvalue weighted by atomic mass is 35.5. The predicted octanol–water partition coefficient (Wildman–Crippen LogP) is 4.96. The topological polar surface area (TPSA) is 67.8 Å². The number of benzene rings is 2. The molecule has 2 rings (SSSR count). The number of carbonyl (C=O) groups is 1. The van der Waals surface area contributed by atoms with E-state index >= 15 is 0 Å². The van der Waals surface area contributed by atoms with Crippen molar-refractivity contribution in [2.75, 3.05) is 7.11 Å². The van der Waals surface area contributed by atoms with Crippen LogP contribution in [0, 0.1) is 5.82 Å². The third kappa shape index (κ3) is 5.14. The highest BCUT2D eigenvalue weighted by Crippen LogP contribution is 2.37. The summed E-state index contributed by atoms with van der Waals surface area (Å²) in [5.41, 5.74) is -1.19. The Morgan fingerprint density at radius 2 is 1.75 bits per heavy atom. The molecule has 1 amide bonds. The van der Waals surface area contributed by atoms with Gasteiger partial charge in [0.15, 0.2) is 0 Å². The number of hydrogen-bond acceptors (Lipinski definition) is 4. The van der Waals surface area contributed by atoms with Crippen LogP contribution in [0.5, 0.6) is 5.75 Å². The first-order valence-corrected chi connectivity index (χ1v) is 9.13. The second kappa shape index (κ2) is 8.37. The lowest BCUT2D eigenvalue weighted by molar-refractivity contribution is 0.0235. The van der Waals surface area contributed by atoms with Crippen molar-refractivity contribution < 1.29 is 23.8 Å². The first-order chi connectivity index (χ1) is 13.0. The summed E-state index contributed by atoms with van der Waals surface area (Å²) in [6.45, 7) is 6.85. The zero-order chi connectivity index (χ0) is 21.1. The molecular weight excluding hydrogens is 385 g/mol.